The van der Waals surface area contributed by atoms with Crippen molar-refractivity contribution in [1.29, 1.82) is 0 Å². The third-order valence-electron chi connectivity index (χ3n) is 7.79. The summed E-state index contributed by atoms with van der Waals surface area (Å²) in [5, 5.41) is 10.00. The average molecular weight is 306 g/mol. The van der Waals surface area contributed by atoms with Gasteiger partial charge in [0, 0.05) is 11.8 Å². The zero-order valence-corrected chi connectivity index (χ0v) is 13.9. The van der Waals surface area contributed by atoms with Crippen molar-refractivity contribution in [3.8, 4) is 0 Å². The third-order valence-corrected chi connectivity index (χ3v) is 7.79. The van der Waals surface area contributed by atoms with Gasteiger partial charge in [0.1, 0.15) is 5.78 Å². The van der Waals surface area contributed by atoms with Gasteiger partial charge in [0.15, 0.2) is 0 Å². The van der Waals surface area contributed by atoms with Crippen molar-refractivity contribution < 1.29 is 15.4 Å². The number of carbonyl (C=O) groups is 1. The molecule has 0 aromatic carbocycles. The Labute approximate surface area is 133 Å². The second-order valence-electron chi connectivity index (χ2n) is 8.57. The minimum atomic E-state index is -0.122. The number of fused-ring (bicyclic) bond motifs is 5. The Hall–Kier alpha value is -0.670. The van der Waals surface area contributed by atoms with Crippen LogP contribution in [-0.4, -0.2) is 22.5 Å². The van der Waals surface area contributed by atoms with E-state index in [2.05, 4.69) is 19.9 Å². The topological polar surface area (TPSA) is 68.8 Å². The van der Waals surface area contributed by atoms with Crippen LogP contribution in [0.4, 0.5) is 0 Å². The molecular formula is C19H30O3. The van der Waals surface area contributed by atoms with Gasteiger partial charge in [0.25, 0.3) is 0 Å². The quantitative estimate of drug-likeness (QED) is 0.699. The summed E-state index contributed by atoms with van der Waals surface area (Å²) in [6, 6.07) is 0. The van der Waals surface area contributed by atoms with E-state index >= 15 is 0 Å². The molecule has 3 fully saturated rings. The van der Waals surface area contributed by atoms with Gasteiger partial charge >= 0.3 is 0 Å². The zero-order valence-electron chi connectivity index (χ0n) is 13.9. The van der Waals surface area contributed by atoms with Crippen LogP contribution in [0.5, 0.6) is 0 Å². The highest BCUT2D eigenvalue weighted by molar-refractivity contribution is 5.87. The summed E-state index contributed by atoms with van der Waals surface area (Å²) in [5.74, 6) is 2.60. The van der Waals surface area contributed by atoms with Gasteiger partial charge in [-0.2, -0.15) is 0 Å². The highest BCUT2D eigenvalue weighted by Gasteiger charge is 2.58. The van der Waals surface area contributed by atoms with E-state index in [1.807, 2.05) is 0 Å². The van der Waals surface area contributed by atoms with E-state index in [0.717, 1.165) is 50.9 Å². The van der Waals surface area contributed by atoms with Gasteiger partial charge in [0.2, 0.25) is 0 Å². The van der Waals surface area contributed by atoms with E-state index in [9.17, 15) is 9.90 Å². The summed E-state index contributed by atoms with van der Waals surface area (Å²) in [6.07, 6.45) is 10.7. The first-order chi connectivity index (χ1) is 9.95. The number of Topliss-reactive ketones (excluding diaryl/α,β-unsaturated/α-hetero) is 1. The smallest absolute Gasteiger partial charge is 0.139 e. The molecule has 4 aliphatic rings. The molecule has 0 aromatic rings. The predicted octanol–water partition coefficient (Wildman–Crippen LogP) is 3.05. The van der Waals surface area contributed by atoms with Gasteiger partial charge in [0.05, 0.1) is 6.10 Å². The molecule has 0 amide bonds. The number of carbonyl (C=O) groups excluding carboxylic acids is 1. The first kappa shape index (κ1) is 16.2. The number of ketones is 1. The lowest BCUT2D eigenvalue weighted by Gasteiger charge is -2.56. The maximum Gasteiger partial charge on any atom is 0.139 e. The molecule has 3 N–H and O–H groups in total. The van der Waals surface area contributed by atoms with Crippen LogP contribution >= 0.6 is 0 Å². The molecule has 0 saturated heterocycles. The fourth-order valence-corrected chi connectivity index (χ4v) is 6.41. The molecule has 6 atom stereocenters. The molecule has 0 unspecified atom stereocenters. The van der Waals surface area contributed by atoms with Gasteiger partial charge in [-0.05, 0) is 68.1 Å². The molecule has 0 heterocycles. The Morgan fingerprint density at radius 1 is 1.09 bits per heavy atom. The number of hydrogen-bond acceptors (Lipinski definition) is 2. The molecule has 0 bridgehead atoms. The summed E-state index contributed by atoms with van der Waals surface area (Å²) < 4.78 is 0. The Morgan fingerprint density at radius 2 is 1.77 bits per heavy atom. The summed E-state index contributed by atoms with van der Waals surface area (Å²) in [6.45, 7) is 4.69. The Kier molecular flexibility index (Phi) is 3.81. The largest absolute Gasteiger partial charge is 0.412 e. The minimum Gasteiger partial charge on any atom is -0.412 e. The van der Waals surface area contributed by atoms with Crippen molar-refractivity contribution in [2.24, 2.45) is 28.6 Å². The van der Waals surface area contributed by atoms with Crippen molar-refractivity contribution in [3.63, 3.8) is 0 Å². The van der Waals surface area contributed by atoms with Crippen LogP contribution in [0, 0.1) is 28.6 Å². The van der Waals surface area contributed by atoms with Crippen molar-refractivity contribution in [1.82, 2.24) is 0 Å². The molecule has 124 valence electrons. The van der Waals surface area contributed by atoms with Gasteiger partial charge in [-0.25, -0.2) is 0 Å². The van der Waals surface area contributed by atoms with Crippen LogP contribution in [-0.2, 0) is 4.79 Å². The van der Waals surface area contributed by atoms with Crippen molar-refractivity contribution in [3.05, 3.63) is 11.6 Å². The molecule has 22 heavy (non-hydrogen) atoms. The minimum absolute atomic E-state index is 0. The Morgan fingerprint density at radius 3 is 2.55 bits per heavy atom. The van der Waals surface area contributed by atoms with Crippen LogP contribution in [0.25, 0.3) is 0 Å². The summed E-state index contributed by atoms with van der Waals surface area (Å²) in [4.78, 5) is 12.4. The van der Waals surface area contributed by atoms with Crippen LogP contribution in [0.3, 0.4) is 0 Å². The Balaban J connectivity index is 0.00000144. The van der Waals surface area contributed by atoms with Crippen LogP contribution in [0.2, 0.25) is 0 Å². The monoisotopic (exact) mass is 306 g/mol. The fourth-order valence-electron chi connectivity index (χ4n) is 6.41. The summed E-state index contributed by atoms with van der Waals surface area (Å²) in [5.41, 5.74) is 1.81. The van der Waals surface area contributed by atoms with Gasteiger partial charge in [-0.15, -0.1) is 0 Å². The number of rotatable bonds is 0. The molecular weight excluding hydrogens is 276 g/mol. The third kappa shape index (κ3) is 1.98. The zero-order chi connectivity index (χ0) is 14.8. The van der Waals surface area contributed by atoms with Gasteiger partial charge < -0.3 is 10.6 Å². The molecule has 3 saturated carbocycles. The number of hydrogen-bond donors (Lipinski definition) is 1. The van der Waals surface area contributed by atoms with E-state index < -0.39 is 0 Å². The SMILES string of the molecule is C[C@]12CC[C@H](O)CC1=CC[C@@H]1[C@@H]2CC[C@]2(C)C(=O)CC[C@@H]12.O. The average Bonchev–Trinajstić information content (AvgIpc) is 2.76. The second kappa shape index (κ2) is 5.17. The molecule has 0 radical (unpaired) electrons. The second-order valence-corrected chi connectivity index (χ2v) is 8.57. The lowest BCUT2D eigenvalue weighted by molar-refractivity contribution is -0.132. The van der Waals surface area contributed by atoms with E-state index in [0.29, 0.717) is 23.0 Å². The lowest BCUT2D eigenvalue weighted by atomic mass is 9.48. The molecule has 3 nitrogen and oxygen atoms in total. The van der Waals surface area contributed by atoms with E-state index in [-0.39, 0.29) is 17.0 Å². The Bertz CT molecular complexity index is 511. The fraction of sp³-hybridized carbons (Fsp3) is 0.842. The first-order valence-electron chi connectivity index (χ1n) is 8.86. The van der Waals surface area contributed by atoms with Crippen LogP contribution in [0.15, 0.2) is 11.6 Å². The maximum absolute atomic E-state index is 12.4. The van der Waals surface area contributed by atoms with Crippen molar-refractivity contribution in [2.75, 3.05) is 0 Å². The van der Waals surface area contributed by atoms with Gasteiger partial charge in [-0.3, -0.25) is 4.79 Å². The first-order valence-corrected chi connectivity index (χ1v) is 8.86. The molecule has 4 aliphatic carbocycles. The van der Waals surface area contributed by atoms with E-state index in [1.165, 1.54) is 12.0 Å². The molecule has 0 spiro atoms. The maximum atomic E-state index is 12.4. The van der Waals surface area contributed by atoms with Crippen molar-refractivity contribution in [2.45, 2.75) is 71.3 Å². The molecule has 3 heteroatoms. The van der Waals surface area contributed by atoms with Crippen molar-refractivity contribution >= 4 is 5.78 Å². The highest BCUT2D eigenvalue weighted by Crippen LogP contribution is 2.63. The van der Waals surface area contributed by atoms with E-state index in [4.69, 9.17) is 0 Å². The standard InChI is InChI=1S/C19H28O2.H2O/c1-18-9-7-13(20)11-12(18)3-4-14-15-5-6-17(21)19(15,2)10-8-16(14)18;/h3,13-16,20H,4-11H2,1-2H3;1H2/t13-,14-,15-,16-,18-,19-;/m0./s1. The molecule has 4 rings (SSSR count). The lowest BCUT2D eigenvalue weighted by Crippen LogP contribution is -2.50. The van der Waals surface area contributed by atoms with E-state index in [1.54, 1.807) is 0 Å². The highest BCUT2D eigenvalue weighted by atomic mass is 16.3. The normalized spacial score (nSPS) is 50.3. The van der Waals surface area contributed by atoms with Crippen LogP contribution in [0.1, 0.15) is 65.2 Å². The summed E-state index contributed by atoms with van der Waals surface area (Å²) >= 11 is 0. The number of aliphatic hydroxyl groups excluding tert-OH is 1. The molecule has 0 aliphatic heterocycles. The molecule has 0 aromatic heterocycles. The summed E-state index contributed by atoms with van der Waals surface area (Å²) in [7, 11) is 0. The predicted molar refractivity (Wildman–Crippen MR) is 86.3 cm³/mol. The van der Waals surface area contributed by atoms with Crippen LogP contribution < -0.4 is 0 Å². The van der Waals surface area contributed by atoms with Gasteiger partial charge in [-0.1, -0.05) is 25.5 Å². The number of allylic oxidation sites excluding steroid dienone is 1. The number of aliphatic hydroxyl groups is 1.